The van der Waals surface area contributed by atoms with Gasteiger partial charge in [-0.1, -0.05) is 25.0 Å². The Morgan fingerprint density at radius 2 is 1.77 bits per heavy atom. The highest BCUT2D eigenvalue weighted by atomic mass is 16.5. The molecule has 2 N–H and O–H groups in total. The van der Waals surface area contributed by atoms with Crippen LogP contribution in [0.25, 0.3) is 0 Å². The quantitative estimate of drug-likeness (QED) is 0.877. The van der Waals surface area contributed by atoms with Crippen LogP contribution in [0, 0.1) is 11.8 Å². The van der Waals surface area contributed by atoms with Gasteiger partial charge in [0, 0.05) is 0 Å². The van der Waals surface area contributed by atoms with E-state index < -0.39 is 17.8 Å². The number of carboxylic acid groups (broad SMARTS) is 1. The van der Waals surface area contributed by atoms with E-state index in [1.807, 2.05) is 31.2 Å². The van der Waals surface area contributed by atoms with Crippen LogP contribution in [0.1, 0.15) is 44.2 Å². The predicted octanol–water partition coefficient (Wildman–Crippen LogP) is 2.76. The van der Waals surface area contributed by atoms with E-state index in [4.69, 9.17) is 4.74 Å². The molecule has 0 radical (unpaired) electrons. The Morgan fingerprint density at radius 3 is 2.32 bits per heavy atom. The minimum atomic E-state index is -0.864. The first-order valence-corrected chi connectivity index (χ1v) is 7.70. The van der Waals surface area contributed by atoms with Gasteiger partial charge in [-0.3, -0.25) is 9.59 Å². The highest BCUT2D eigenvalue weighted by molar-refractivity contribution is 5.85. The minimum Gasteiger partial charge on any atom is -0.497 e. The Hall–Kier alpha value is -2.04. The fraction of sp³-hybridized carbons (Fsp3) is 0.529. The van der Waals surface area contributed by atoms with Crippen molar-refractivity contribution in [2.45, 2.75) is 38.6 Å². The Labute approximate surface area is 130 Å². The number of aliphatic carboxylic acids is 1. The van der Waals surface area contributed by atoms with Gasteiger partial charge in [0.1, 0.15) is 5.75 Å². The molecule has 0 aliphatic heterocycles. The molecule has 0 aromatic heterocycles. The van der Waals surface area contributed by atoms with Gasteiger partial charge >= 0.3 is 5.97 Å². The van der Waals surface area contributed by atoms with Gasteiger partial charge in [-0.05, 0) is 37.5 Å². The number of carbonyl (C=O) groups excluding carboxylic acids is 1. The van der Waals surface area contributed by atoms with Crippen LogP contribution in [0.5, 0.6) is 5.75 Å². The fourth-order valence-corrected chi connectivity index (χ4v) is 3.04. The Bertz CT molecular complexity index is 526. The highest BCUT2D eigenvalue weighted by Gasteiger charge is 2.36. The molecule has 0 heterocycles. The summed E-state index contributed by atoms with van der Waals surface area (Å²) in [6.45, 7) is 1.90. The molecule has 3 atom stereocenters. The summed E-state index contributed by atoms with van der Waals surface area (Å²) < 4.78 is 5.11. The summed E-state index contributed by atoms with van der Waals surface area (Å²) in [6, 6.07) is 7.34. The fourth-order valence-electron chi connectivity index (χ4n) is 3.04. The maximum Gasteiger partial charge on any atom is 0.307 e. The second-order valence-electron chi connectivity index (χ2n) is 5.84. The van der Waals surface area contributed by atoms with Gasteiger partial charge < -0.3 is 15.2 Å². The predicted molar refractivity (Wildman–Crippen MR) is 82.6 cm³/mol. The van der Waals surface area contributed by atoms with Crippen molar-refractivity contribution in [1.29, 1.82) is 0 Å². The molecule has 120 valence electrons. The zero-order chi connectivity index (χ0) is 16.1. The molecule has 5 nitrogen and oxygen atoms in total. The molecule has 0 bridgehead atoms. The van der Waals surface area contributed by atoms with E-state index in [0.717, 1.165) is 24.2 Å². The van der Waals surface area contributed by atoms with Crippen LogP contribution >= 0.6 is 0 Å². The number of amides is 1. The van der Waals surface area contributed by atoms with Gasteiger partial charge in [0.05, 0.1) is 25.0 Å². The summed E-state index contributed by atoms with van der Waals surface area (Å²) in [5.41, 5.74) is 0.969. The number of hydrogen-bond donors (Lipinski definition) is 2. The first-order chi connectivity index (χ1) is 10.5. The van der Waals surface area contributed by atoms with Crippen LogP contribution in [-0.4, -0.2) is 24.1 Å². The summed E-state index contributed by atoms with van der Waals surface area (Å²) in [7, 11) is 1.61. The van der Waals surface area contributed by atoms with Crippen LogP contribution in [-0.2, 0) is 9.59 Å². The zero-order valence-corrected chi connectivity index (χ0v) is 13.0. The number of methoxy groups -OCH3 is 1. The summed E-state index contributed by atoms with van der Waals surface area (Å²) >= 11 is 0. The van der Waals surface area contributed by atoms with Crippen molar-refractivity contribution in [3.63, 3.8) is 0 Å². The number of carboxylic acids is 1. The van der Waals surface area contributed by atoms with Crippen molar-refractivity contribution in [3.05, 3.63) is 29.8 Å². The van der Waals surface area contributed by atoms with Gasteiger partial charge in [0.25, 0.3) is 0 Å². The lowest BCUT2D eigenvalue weighted by atomic mass is 9.78. The molecule has 1 aromatic carbocycles. The van der Waals surface area contributed by atoms with Crippen molar-refractivity contribution in [1.82, 2.24) is 5.32 Å². The molecule has 1 fully saturated rings. The SMILES string of the molecule is COc1ccc([C@@H](C)NC(=O)[C@H]2CCCC[C@@H]2C(=O)O)cc1. The molecule has 1 amide bonds. The van der Waals surface area contributed by atoms with E-state index in [1.165, 1.54) is 0 Å². The second kappa shape index (κ2) is 7.29. The van der Waals surface area contributed by atoms with Gasteiger partial charge in [-0.15, -0.1) is 0 Å². The van der Waals surface area contributed by atoms with E-state index in [0.29, 0.717) is 12.8 Å². The van der Waals surface area contributed by atoms with Crippen LogP contribution in [0.4, 0.5) is 0 Å². The summed E-state index contributed by atoms with van der Waals surface area (Å²) in [5, 5.41) is 12.2. The van der Waals surface area contributed by atoms with E-state index in [2.05, 4.69) is 5.32 Å². The maximum absolute atomic E-state index is 12.4. The standard InChI is InChI=1S/C17H23NO4/c1-11(12-7-9-13(22-2)10-8-12)18-16(19)14-5-3-4-6-15(14)17(20)21/h7-11,14-15H,3-6H2,1-2H3,(H,18,19)(H,20,21)/t11-,14+,15+/m1/s1. The van der Waals surface area contributed by atoms with Crippen molar-refractivity contribution >= 4 is 11.9 Å². The molecule has 1 aliphatic carbocycles. The van der Waals surface area contributed by atoms with Crippen LogP contribution in [0.3, 0.4) is 0 Å². The molecular formula is C17H23NO4. The van der Waals surface area contributed by atoms with Crippen molar-refractivity contribution < 1.29 is 19.4 Å². The highest BCUT2D eigenvalue weighted by Crippen LogP contribution is 2.31. The van der Waals surface area contributed by atoms with Crippen molar-refractivity contribution in [2.75, 3.05) is 7.11 Å². The molecule has 5 heteroatoms. The van der Waals surface area contributed by atoms with Crippen LogP contribution in [0.15, 0.2) is 24.3 Å². The molecule has 1 saturated carbocycles. The third kappa shape index (κ3) is 3.78. The van der Waals surface area contributed by atoms with Gasteiger partial charge in [0.2, 0.25) is 5.91 Å². The van der Waals surface area contributed by atoms with E-state index >= 15 is 0 Å². The van der Waals surface area contributed by atoms with Gasteiger partial charge in [-0.25, -0.2) is 0 Å². The van der Waals surface area contributed by atoms with Crippen molar-refractivity contribution in [2.24, 2.45) is 11.8 Å². The smallest absolute Gasteiger partial charge is 0.307 e. The average Bonchev–Trinajstić information content (AvgIpc) is 2.54. The number of nitrogens with one attached hydrogen (secondary N) is 1. The number of hydrogen-bond acceptors (Lipinski definition) is 3. The maximum atomic E-state index is 12.4. The Morgan fingerprint density at radius 1 is 1.18 bits per heavy atom. The van der Waals surface area contributed by atoms with Gasteiger partial charge in [-0.2, -0.15) is 0 Å². The zero-order valence-electron chi connectivity index (χ0n) is 13.0. The number of rotatable bonds is 5. The second-order valence-corrected chi connectivity index (χ2v) is 5.84. The molecule has 1 aliphatic rings. The summed E-state index contributed by atoms with van der Waals surface area (Å²) in [4.78, 5) is 23.7. The molecular weight excluding hydrogens is 282 g/mol. The molecule has 1 aromatic rings. The lowest BCUT2D eigenvalue weighted by molar-refractivity contribution is -0.149. The number of ether oxygens (including phenoxy) is 1. The number of benzene rings is 1. The molecule has 22 heavy (non-hydrogen) atoms. The summed E-state index contributed by atoms with van der Waals surface area (Å²) in [6.07, 6.45) is 3.04. The molecule has 0 saturated heterocycles. The summed E-state index contributed by atoms with van der Waals surface area (Å²) in [5.74, 6) is -1.24. The lowest BCUT2D eigenvalue weighted by Gasteiger charge is -2.28. The monoisotopic (exact) mass is 305 g/mol. The first-order valence-electron chi connectivity index (χ1n) is 7.70. The third-order valence-corrected chi connectivity index (χ3v) is 4.39. The van der Waals surface area contributed by atoms with Crippen molar-refractivity contribution in [3.8, 4) is 5.75 Å². The molecule has 0 unspecified atom stereocenters. The Kier molecular flexibility index (Phi) is 5.41. The Balaban J connectivity index is 2.01. The average molecular weight is 305 g/mol. The molecule has 2 rings (SSSR count). The molecule has 0 spiro atoms. The van der Waals surface area contributed by atoms with Gasteiger partial charge in [0.15, 0.2) is 0 Å². The number of carbonyl (C=O) groups is 2. The van der Waals surface area contributed by atoms with E-state index in [9.17, 15) is 14.7 Å². The lowest BCUT2D eigenvalue weighted by Crippen LogP contribution is -2.40. The first kappa shape index (κ1) is 16.3. The van der Waals surface area contributed by atoms with E-state index in [1.54, 1.807) is 7.11 Å². The topological polar surface area (TPSA) is 75.6 Å². The minimum absolute atomic E-state index is 0.157. The van der Waals surface area contributed by atoms with E-state index in [-0.39, 0.29) is 11.9 Å². The van der Waals surface area contributed by atoms with Crippen LogP contribution < -0.4 is 10.1 Å². The largest absolute Gasteiger partial charge is 0.497 e. The van der Waals surface area contributed by atoms with Crippen LogP contribution in [0.2, 0.25) is 0 Å². The third-order valence-electron chi connectivity index (χ3n) is 4.39. The normalized spacial score (nSPS) is 22.6.